The number of fused-ring (bicyclic) bond motifs is 1. The maximum Gasteiger partial charge on any atom is 0.184 e. The van der Waals surface area contributed by atoms with Crippen LogP contribution in [-0.2, 0) is 15.5 Å². The van der Waals surface area contributed by atoms with Crippen molar-refractivity contribution in [3.05, 3.63) is 18.3 Å². The van der Waals surface area contributed by atoms with Gasteiger partial charge in [-0.2, -0.15) is 0 Å². The van der Waals surface area contributed by atoms with Crippen LogP contribution in [0.1, 0.15) is 0 Å². The number of aromatic nitrogens is 2. The van der Waals surface area contributed by atoms with Crippen LogP contribution in [0.3, 0.4) is 0 Å². The van der Waals surface area contributed by atoms with Gasteiger partial charge in [-0.25, -0.2) is 9.97 Å². The van der Waals surface area contributed by atoms with Gasteiger partial charge >= 0.3 is 0 Å². The second-order valence-corrected chi connectivity index (χ2v) is 6.58. The van der Waals surface area contributed by atoms with Crippen molar-refractivity contribution >= 4 is 32.5 Å². The van der Waals surface area contributed by atoms with Gasteiger partial charge in [0.25, 0.3) is 0 Å². The highest BCUT2D eigenvalue weighted by Gasteiger charge is 2.17. The Balaban J connectivity index is 1.74. The molecule has 0 spiro atoms. The molecule has 0 aliphatic carbocycles. The monoisotopic (exact) mass is 283 g/mol. The molecular formula is C11H13N3O2S2. The van der Waals surface area contributed by atoms with Crippen LogP contribution < -0.4 is 0 Å². The summed E-state index contributed by atoms with van der Waals surface area (Å²) in [4.78, 5) is 11.6. The molecule has 0 saturated carbocycles. The lowest BCUT2D eigenvalue weighted by Crippen LogP contribution is -2.38. The quantitative estimate of drug-likeness (QED) is 0.844. The van der Waals surface area contributed by atoms with Crippen molar-refractivity contribution in [1.29, 1.82) is 0 Å². The van der Waals surface area contributed by atoms with E-state index in [1.54, 1.807) is 6.20 Å². The Kier molecular flexibility index (Phi) is 3.64. The molecule has 3 heterocycles. The highest BCUT2D eigenvalue weighted by molar-refractivity contribution is 7.87. The van der Waals surface area contributed by atoms with Crippen LogP contribution in [0.2, 0.25) is 0 Å². The molecule has 0 amide bonds. The van der Waals surface area contributed by atoms with Gasteiger partial charge < -0.3 is 4.74 Å². The van der Waals surface area contributed by atoms with Gasteiger partial charge in [-0.15, -0.1) is 0 Å². The minimum Gasteiger partial charge on any atom is -0.379 e. The zero-order valence-electron chi connectivity index (χ0n) is 9.74. The standard InChI is InChI=1S/C11H13N3O2S2/c15-18(8-14-4-6-16-7-5-14)11-13-9-2-1-3-12-10(9)17-11/h1-3H,4-8H2. The Hall–Kier alpha value is -0.890. The summed E-state index contributed by atoms with van der Waals surface area (Å²) in [5.41, 5.74) is 0.827. The number of nitrogens with zero attached hydrogens (tertiary/aromatic N) is 3. The third kappa shape index (κ3) is 2.59. The Morgan fingerprint density at radius 1 is 1.44 bits per heavy atom. The third-order valence-electron chi connectivity index (χ3n) is 2.75. The Bertz CT molecular complexity index is 533. The summed E-state index contributed by atoms with van der Waals surface area (Å²) in [5.74, 6) is 0.531. The van der Waals surface area contributed by atoms with E-state index in [0.29, 0.717) is 10.2 Å². The maximum atomic E-state index is 12.2. The predicted molar refractivity (Wildman–Crippen MR) is 71.1 cm³/mol. The fraction of sp³-hybridized carbons (Fsp3) is 0.455. The van der Waals surface area contributed by atoms with Gasteiger partial charge in [0.1, 0.15) is 10.3 Å². The first kappa shape index (κ1) is 12.2. The van der Waals surface area contributed by atoms with E-state index in [0.717, 1.165) is 36.7 Å². The molecule has 7 heteroatoms. The van der Waals surface area contributed by atoms with Gasteiger partial charge in [0.2, 0.25) is 0 Å². The van der Waals surface area contributed by atoms with Crippen molar-refractivity contribution in [2.45, 2.75) is 4.34 Å². The number of thiazole rings is 1. The normalized spacial score (nSPS) is 19.1. The molecule has 0 aromatic carbocycles. The molecule has 2 aromatic rings. The van der Waals surface area contributed by atoms with Gasteiger partial charge in [-0.1, -0.05) is 11.3 Å². The van der Waals surface area contributed by atoms with E-state index in [4.69, 9.17) is 4.74 Å². The van der Waals surface area contributed by atoms with Gasteiger partial charge in [0.05, 0.1) is 29.9 Å². The molecule has 5 nitrogen and oxygen atoms in total. The summed E-state index contributed by atoms with van der Waals surface area (Å²) in [6.45, 7) is 3.13. The van der Waals surface area contributed by atoms with E-state index >= 15 is 0 Å². The second kappa shape index (κ2) is 5.40. The first-order valence-corrected chi connectivity index (χ1v) is 7.86. The number of pyridine rings is 1. The lowest BCUT2D eigenvalue weighted by Gasteiger charge is -2.25. The Morgan fingerprint density at radius 2 is 2.28 bits per heavy atom. The fourth-order valence-electron chi connectivity index (χ4n) is 1.80. The van der Waals surface area contributed by atoms with E-state index in [2.05, 4.69) is 14.9 Å². The van der Waals surface area contributed by atoms with Gasteiger partial charge in [0, 0.05) is 19.3 Å². The van der Waals surface area contributed by atoms with Crippen LogP contribution in [0, 0.1) is 0 Å². The predicted octanol–water partition coefficient (Wildman–Crippen LogP) is 1.09. The molecule has 18 heavy (non-hydrogen) atoms. The molecule has 0 radical (unpaired) electrons. The summed E-state index contributed by atoms with van der Waals surface area (Å²) in [7, 11) is -1.08. The molecule has 1 atom stereocenters. The zero-order valence-corrected chi connectivity index (χ0v) is 11.4. The third-order valence-corrected chi connectivity index (χ3v) is 5.41. The van der Waals surface area contributed by atoms with Crippen molar-refractivity contribution in [1.82, 2.24) is 14.9 Å². The Labute approximate surface area is 111 Å². The number of ether oxygens (including phenoxy) is 1. The number of morpholine rings is 1. The van der Waals surface area contributed by atoms with E-state index in [-0.39, 0.29) is 0 Å². The van der Waals surface area contributed by atoms with Crippen LogP contribution in [0.5, 0.6) is 0 Å². The lowest BCUT2D eigenvalue weighted by molar-refractivity contribution is 0.0469. The molecule has 1 saturated heterocycles. The molecule has 1 unspecified atom stereocenters. The minimum absolute atomic E-state index is 0.531. The average molecular weight is 283 g/mol. The summed E-state index contributed by atoms with van der Waals surface area (Å²) >= 11 is 1.41. The zero-order chi connectivity index (χ0) is 12.4. The molecular weight excluding hydrogens is 270 g/mol. The van der Waals surface area contributed by atoms with E-state index < -0.39 is 10.8 Å². The van der Waals surface area contributed by atoms with Crippen LogP contribution in [-0.4, -0.2) is 51.3 Å². The lowest BCUT2D eigenvalue weighted by atomic mass is 10.5. The summed E-state index contributed by atoms with van der Waals surface area (Å²) < 4.78 is 18.2. The molecule has 0 N–H and O–H groups in total. The smallest absolute Gasteiger partial charge is 0.184 e. The molecule has 1 aliphatic heterocycles. The van der Waals surface area contributed by atoms with Crippen LogP contribution >= 0.6 is 11.3 Å². The highest BCUT2D eigenvalue weighted by atomic mass is 32.2. The number of rotatable bonds is 3. The van der Waals surface area contributed by atoms with Crippen molar-refractivity contribution in [2.75, 3.05) is 32.2 Å². The van der Waals surface area contributed by atoms with Crippen molar-refractivity contribution in [2.24, 2.45) is 0 Å². The number of hydrogen-bond acceptors (Lipinski definition) is 6. The van der Waals surface area contributed by atoms with E-state index in [1.807, 2.05) is 12.1 Å². The summed E-state index contributed by atoms with van der Waals surface area (Å²) in [6, 6.07) is 3.74. The number of hydrogen-bond donors (Lipinski definition) is 0. The van der Waals surface area contributed by atoms with Crippen LogP contribution in [0.15, 0.2) is 22.7 Å². The molecule has 2 aromatic heterocycles. The molecule has 1 aliphatic rings. The summed E-state index contributed by atoms with van der Waals surface area (Å²) in [5, 5.41) is 0. The first-order valence-electron chi connectivity index (χ1n) is 5.73. The average Bonchev–Trinajstić information content (AvgIpc) is 2.84. The molecule has 3 rings (SSSR count). The van der Waals surface area contributed by atoms with Crippen LogP contribution in [0.25, 0.3) is 10.3 Å². The Morgan fingerprint density at radius 3 is 3.06 bits per heavy atom. The summed E-state index contributed by atoms with van der Waals surface area (Å²) in [6.07, 6.45) is 1.73. The van der Waals surface area contributed by atoms with Crippen LogP contribution in [0.4, 0.5) is 0 Å². The van der Waals surface area contributed by atoms with Crippen molar-refractivity contribution < 1.29 is 8.95 Å². The van der Waals surface area contributed by atoms with Crippen molar-refractivity contribution in [3.63, 3.8) is 0 Å². The largest absolute Gasteiger partial charge is 0.379 e. The second-order valence-electron chi connectivity index (χ2n) is 4.01. The molecule has 0 bridgehead atoms. The molecule has 96 valence electrons. The van der Waals surface area contributed by atoms with Gasteiger partial charge in [-0.3, -0.25) is 9.11 Å². The highest BCUT2D eigenvalue weighted by Crippen LogP contribution is 2.22. The SMILES string of the molecule is O=S(CN1CCOCC1)c1nc2cccnc2s1. The molecule has 1 fully saturated rings. The van der Waals surface area contributed by atoms with E-state index in [1.165, 1.54) is 11.3 Å². The topological polar surface area (TPSA) is 55.3 Å². The van der Waals surface area contributed by atoms with E-state index in [9.17, 15) is 4.21 Å². The van der Waals surface area contributed by atoms with Crippen molar-refractivity contribution in [3.8, 4) is 0 Å². The minimum atomic E-state index is -1.08. The first-order chi connectivity index (χ1) is 8.83. The van der Waals surface area contributed by atoms with Gasteiger partial charge in [-0.05, 0) is 12.1 Å². The fourth-order valence-corrected chi connectivity index (χ4v) is 4.11. The van der Waals surface area contributed by atoms with Gasteiger partial charge in [0.15, 0.2) is 4.34 Å². The maximum absolute atomic E-state index is 12.2.